The summed E-state index contributed by atoms with van der Waals surface area (Å²) in [6.07, 6.45) is 7.16. The number of benzene rings is 1. The molecule has 0 saturated heterocycles. The first kappa shape index (κ1) is 13.9. The monoisotopic (exact) mass is 358 g/mol. The van der Waals surface area contributed by atoms with Crippen LogP contribution in [0.15, 0.2) is 64.6 Å². The van der Waals surface area contributed by atoms with Crippen molar-refractivity contribution in [2.45, 2.75) is 0 Å². The highest BCUT2D eigenvalue weighted by atomic mass is 79.9. The molecule has 0 atom stereocenters. The van der Waals surface area contributed by atoms with Crippen molar-refractivity contribution in [3.05, 3.63) is 65.0 Å². The zero-order valence-electron chi connectivity index (χ0n) is 10.9. The van der Waals surface area contributed by atoms with Crippen LogP contribution in [-0.4, -0.2) is 16.2 Å². The van der Waals surface area contributed by atoms with Crippen molar-refractivity contribution in [1.82, 2.24) is 9.97 Å². The lowest BCUT2D eigenvalue weighted by Gasteiger charge is -1.95. The number of rotatable bonds is 4. The zero-order valence-corrected chi connectivity index (χ0v) is 13.3. The summed E-state index contributed by atoms with van der Waals surface area (Å²) in [5.41, 5.74) is 5.02. The van der Waals surface area contributed by atoms with E-state index in [1.165, 1.54) is 0 Å². The maximum Gasteiger partial charge on any atom is 0.203 e. The summed E-state index contributed by atoms with van der Waals surface area (Å²) in [5.74, 6) is 0. The molecule has 0 aliphatic heterocycles. The summed E-state index contributed by atoms with van der Waals surface area (Å²) < 4.78 is 1.05. The summed E-state index contributed by atoms with van der Waals surface area (Å²) in [5, 5.41) is 4.94. The first-order valence-electron chi connectivity index (χ1n) is 6.22. The van der Waals surface area contributed by atoms with Gasteiger partial charge in [-0.05, 0) is 23.8 Å². The van der Waals surface area contributed by atoms with Crippen LogP contribution in [0, 0.1) is 0 Å². The number of nitrogens with one attached hydrogen (secondary N) is 1. The van der Waals surface area contributed by atoms with Gasteiger partial charge >= 0.3 is 0 Å². The molecule has 0 radical (unpaired) electrons. The van der Waals surface area contributed by atoms with Crippen molar-refractivity contribution < 1.29 is 0 Å². The maximum atomic E-state index is 4.30. The molecule has 3 aromatic rings. The molecule has 104 valence electrons. The third-order valence-corrected chi connectivity index (χ3v) is 4.18. The second-order valence-corrected chi connectivity index (χ2v) is 6.14. The van der Waals surface area contributed by atoms with Gasteiger partial charge in [-0.1, -0.05) is 45.5 Å². The number of halogens is 1. The molecule has 2 heterocycles. The normalized spacial score (nSPS) is 10.9. The number of hydrazone groups is 1. The van der Waals surface area contributed by atoms with Crippen LogP contribution < -0.4 is 5.43 Å². The van der Waals surface area contributed by atoms with Gasteiger partial charge in [-0.2, -0.15) is 5.10 Å². The van der Waals surface area contributed by atoms with Crippen molar-refractivity contribution in [2.24, 2.45) is 5.10 Å². The van der Waals surface area contributed by atoms with Gasteiger partial charge in [-0.3, -0.25) is 10.4 Å². The largest absolute Gasteiger partial charge is 0.264 e. The quantitative estimate of drug-likeness (QED) is 0.554. The predicted molar refractivity (Wildman–Crippen MR) is 90.7 cm³/mol. The Morgan fingerprint density at radius 3 is 2.76 bits per heavy atom. The van der Waals surface area contributed by atoms with Gasteiger partial charge in [0.15, 0.2) is 0 Å². The molecule has 6 heteroatoms. The number of hydrogen-bond donors (Lipinski definition) is 1. The summed E-state index contributed by atoms with van der Waals surface area (Å²) in [6.45, 7) is 0. The van der Waals surface area contributed by atoms with Crippen LogP contribution in [0.4, 0.5) is 5.13 Å². The van der Waals surface area contributed by atoms with E-state index in [1.807, 2.05) is 48.8 Å². The Morgan fingerprint density at radius 1 is 1.14 bits per heavy atom. The number of anilines is 1. The highest BCUT2D eigenvalue weighted by molar-refractivity contribution is 9.10. The molecule has 0 amide bonds. The van der Waals surface area contributed by atoms with E-state index in [0.29, 0.717) is 0 Å². The fourth-order valence-corrected chi connectivity index (χ4v) is 2.70. The Morgan fingerprint density at radius 2 is 2.00 bits per heavy atom. The molecule has 2 aromatic heterocycles. The van der Waals surface area contributed by atoms with Gasteiger partial charge < -0.3 is 0 Å². The van der Waals surface area contributed by atoms with E-state index in [-0.39, 0.29) is 0 Å². The van der Waals surface area contributed by atoms with Gasteiger partial charge in [-0.15, -0.1) is 0 Å². The number of thiazole rings is 1. The molecular weight excluding hydrogens is 348 g/mol. The molecule has 0 aliphatic carbocycles. The Balaban J connectivity index is 1.66. The van der Waals surface area contributed by atoms with Crippen LogP contribution in [-0.2, 0) is 0 Å². The SMILES string of the molecule is Brc1ccc(/C=N/Nc2ncc(-c3cccnc3)s2)cc1. The highest BCUT2D eigenvalue weighted by Crippen LogP contribution is 2.27. The lowest BCUT2D eigenvalue weighted by Crippen LogP contribution is -1.89. The molecule has 1 aromatic carbocycles. The van der Waals surface area contributed by atoms with Crippen molar-refractivity contribution in [2.75, 3.05) is 5.43 Å². The van der Waals surface area contributed by atoms with Crippen LogP contribution >= 0.6 is 27.3 Å². The molecule has 1 N–H and O–H groups in total. The minimum absolute atomic E-state index is 0.752. The first-order valence-corrected chi connectivity index (χ1v) is 7.83. The van der Waals surface area contributed by atoms with Gasteiger partial charge in [0.05, 0.1) is 11.1 Å². The summed E-state index contributed by atoms with van der Waals surface area (Å²) in [7, 11) is 0. The maximum absolute atomic E-state index is 4.30. The standard InChI is InChI=1S/C15H11BrN4S/c16-13-5-3-11(4-6-13)8-19-20-15-18-10-14(21-15)12-2-1-7-17-9-12/h1-10H,(H,18,20)/b19-8+. The van der Waals surface area contributed by atoms with Crippen molar-refractivity contribution in [3.8, 4) is 10.4 Å². The summed E-state index contributed by atoms with van der Waals surface area (Å²) in [6, 6.07) is 11.8. The van der Waals surface area contributed by atoms with Crippen molar-refractivity contribution in [1.29, 1.82) is 0 Å². The van der Waals surface area contributed by atoms with Crippen molar-refractivity contribution in [3.63, 3.8) is 0 Å². The van der Waals surface area contributed by atoms with E-state index in [4.69, 9.17) is 0 Å². The van der Waals surface area contributed by atoms with Crippen molar-refractivity contribution >= 4 is 38.6 Å². The third-order valence-electron chi connectivity index (χ3n) is 2.70. The third kappa shape index (κ3) is 3.74. The number of aromatic nitrogens is 2. The number of pyridine rings is 1. The highest BCUT2D eigenvalue weighted by Gasteiger charge is 2.03. The zero-order chi connectivity index (χ0) is 14.5. The fraction of sp³-hybridized carbons (Fsp3) is 0. The summed E-state index contributed by atoms with van der Waals surface area (Å²) in [4.78, 5) is 9.46. The molecule has 0 aliphatic rings. The summed E-state index contributed by atoms with van der Waals surface area (Å²) >= 11 is 4.94. The second-order valence-electron chi connectivity index (χ2n) is 4.19. The van der Waals surface area contributed by atoms with Crippen LogP contribution in [0.5, 0.6) is 0 Å². The van der Waals surface area contributed by atoms with Crippen LogP contribution in [0.2, 0.25) is 0 Å². The predicted octanol–water partition coefficient (Wildman–Crippen LogP) is 4.41. The lowest BCUT2D eigenvalue weighted by atomic mass is 10.2. The van der Waals surface area contributed by atoms with Gasteiger partial charge in [-0.25, -0.2) is 4.98 Å². The Kier molecular flexibility index (Phi) is 4.37. The van der Waals surface area contributed by atoms with Gasteiger partial charge in [0, 0.05) is 28.6 Å². The van der Waals surface area contributed by atoms with E-state index < -0.39 is 0 Å². The lowest BCUT2D eigenvalue weighted by molar-refractivity contribution is 1.29. The molecule has 21 heavy (non-hydrogen) atoms. The average molecular weight is 359 g/mol. The van der Waals surface area contributed by atoms with Crippen LogP contribution in [0.1, 0.15) is 5.56 Å². The molecule has 0 bridgehead atoms. The van der Waals surface area contributed by atoms with Gasteiger partial charge in [0.25, 0.3) is 0 Å². The molecule has 3 rings (SSSR count). The molecule has 0 fully saturated rings. The van der Waals surface area contributed by atoms with E-state index in [9.17, 15) is 0 Å². The van der Waals surface area contributed by atoms with Crippen LogP contribution in [0.3, 0.4) is 0 Å². The van der Waals surface area contributed by atoms with E-state index in [2.05, 4.69) is 36.4 Å². The minimum atomic E-state index is 0.752. The Bertz CT molecular complexity index is 738. The molecular formula is C15H11BrN4S. The van der Waals surface area contributed by atoms with Gasteiger partial charge in [0.1, 0.15) is 0 Å². The molecule has 0 saturated carbocycles. The minimum Gasteiger partial charge on any atom is -0.264 e. The first-order chi connectivity index (χ1) is 10.3. The second kappa shape index (κ2) is 6.60. The van der Waals surface area contributed by atoms with E-state index >= 15 is 0 Å². The smallest absolute Gasteiger partial charge is 0.203 e. The van der Waals surface area contributed by atoms with E-state index in [0.717, 1.165) is 25.6 Å². The fourth-order valence-electron chi connectivity index (χ4n) is 1.68. The average Bonchev–Trinajstić information content (AvgIpc) is 2.99. The number of hydrogen-bond acceptors (Lipinski definition) is 5. The molecule has 4 nitrogen and oxygen atoms in total. The Hall–Kier alpha value is -2.05. The molecule has 0 spiro atoms. The topological polar surface area (TPSA) is 50.2 Å². The Labute approximate surface area is 134 Å². The van der Waals surface area contributed by atoms with Crippen LogP contribution in [0.25, 0.3) is 10.4 Å². The number of nitrogens with zero attached hydrogens (tertiary/aromatic N) is 3. The molecule has 0 unspecified atom stereocenters. The van der Waals surface area contributed by atoms with E-state index in [1.54, 1.807) is 23.7 Å². The van der Waals surface area contributed by atoms with Gasteiger partial charge in [0.2, 0.25) is 5.13 Å².